The second kappa shape index (κ2) is 5.46. The third-order valence-corrected chi connectivity index (χ3v) is 0.448. The smallest absolute Gasteiger partial charge is 0.117 e. The van der Waals surface area contributed by atoms with Gasteiger partial charge in [0.25, 0.3) is 0 Å². The first-order valence-electron chi connectivity index (χ1n) is 2.04. The van der Waals surface area contributed by atoms with Gasteiger partial charge in [-0.3, -0.25) is 0 Å². The Morgan fingerprint density at radius 2 is 2.57 bits per heavy atom. The summed E-state index contributed by atoms with van der Waals surface area (Å²) in [5, 5.41) is 2.71. The highest BCUT2D eigenvalue weighted by Gasteiger charge is 1.71. The number of nitrogens with one attached hydrogen (secondary N) is 1. The minimum absolute atomic E-state index is 0.251. The van der Waals surface area contributed by atoms with Gasteiger partial charge in [0.1, 0.15) is 6.73 Å². The molecule has 0 aromatic carbocycles. The summed E-state index contributed by atoms with van der Waals surface area (Å²) >= 11 is 0. The van der Waals surface area contributed by atoms with Crippen molar-refractivity contribution >= 4 is 0 Å². The Kier molecular flexibility index (Phi) is 5.04. The summed E-state index contributed by atoms with van der Waals surface area (Å²) in [6, 6.07) is 0. The van der Waals surface area contributed by atoms with Crippen molar-refractivity contribution in [2.45, 2.75) is 0 Å². The van der Waals surface area contributed by atoms with E-state index >= 15 is 0 Å². The van der Waals surface area contributed by atoms with Gasteiger partial charge >= 0.3 is 0 Å². The van der Waals surface area contributed by atoms with E-state index in [0.29, 0.717) is 6.73 Å². The first-order chi connectivity index (χ1) is 3.41. The molecule has 42 valence electrons. The molecule has 0 aliphatic carbocycles. The zero-order chi connectivity index (χ0) is 5.54. The number of hydrogen-bond acceptors (Lipinski definition) is 3. The van der Waals surface area contributed by atoms with Gasteiger partial charge in [0.05, 0.1) is 6.73 Å². The van der Waals surface area contributed by atoms with Crippen molar-refractivity contribution in [3.05, 3.63) is 12.8 Å². The second-order valence-electron chi connectivity index (χ2n) is 0.923. The first-order valence-corrected chi connectivity index (χ1v) is 2.04. The molecule has 3 N–H and O–H groups in total. The van der Waals surface area contributed by atoms with Gasteiger partial charge < -0.3 is 15.8 Å². The van der Waals surface area contributed by atoms with E-state index in [1.165, 1.54) is 0 Å². The van der Waals surface area contributed by atoms with Crippen LogP contribution in [0.3, 0.4) is 0 Å². The Balaban J connectivity index is 2.56. The Hall–Kier alpha value is -0.540. The Morgan fingerprint density at radius 1 is 1.86 bits per heavy atom. The van der Waals surface area contributed by atoms with Gasteiger partial charge in [-0.2, -0.15) is 0 Å². The predicted octanol–water partition coefficient (Wildman–Crippen LogP) is -0.390. The first kappa shape index (κ1) is 6.46. The van der Waals surface area contributed by atoms with Crippen LogP contribution in [0.5, 0.6) is 0 Å². The summed E-state index contributed by atoms with van der Waals surface area (Å²) in [6.07, 6.45) is 1.55. The lowest BCUT2D eigenvalue weighted by atomic mass is 11.0. The highest BCUT2D eigenvalue weighted by molar-refractivity contribution is 4.57. The minimum atomic E-state index is 0.251. The standard InChI is InChI=1S/C4H10N2O/c1-2-6-4-7-3-5/h2,6H,1,3-5H2. The fraction of sp³-hybridized carbons (Fsp3) is 0.500. The molecule has 0 amide bonds. The number of nitrogens with two attached hydrogens (primary N) is 1. The molecule has 0 rings (SSSR count). The van der Waals surface area contributed by atoms with Crippen LogP contribution < -0.4 is 11.1 Å². The SMILES string of the molecule is C=CNCOCN. The summed E-state index contributed by atoms with van der Waals surface area (Å²) < 4.78 is 4.67. The maximum atomic E-state index is 4.97. The monoisotopic (exact) mass is 102 g/mol. The molecule has 0 saturated heterocycles. The van der Waals surface area contributed by atoms with Gasteiger partial charge in [0, 0.05) is 0 Å². The molecule has 3 heteroatoms. The van der Waals surface area contributed by atoms with Gasteiger partial charge in [-0.25, -0.2) is 0 Å². The average Bonchev–Trinajstić information content (AvgIpc) is 1.69. The van der Waals surface area contributed by atoms with Crippen molar-refractivity contribution in [1.29, 1.82) is 0 Å². The van der Waals surface area contributed by atoms with Gasteiger partial charge in [-0.15, -0.1) is 0 Å². The number of ether oxygens (including phenoxy) is 1. The molecule has 0 aromatic heterocycles. The molecule has 0 aliphatic heterocycles. The largest absolute Gasteiger partial charge is 0.369 e. The van der Waals surface area contributed by atoms with Crippen LogP contribution in [-0.2, 0) is 4.74 Å². The molecule has 0 bridgehead atoms. The minimum Gasteiger partial charge on any atom is -0.369 e. The topological polar surface area (TPSA) is 47.3 Å². The van der Waals surface area contributed by atoms with E-state index in [1.807, 2.05) is 0 Å². The molecule has 0 spiro atoms. The Labute approximate surface area is 43.1 Å². The third kappa shape index (κ3) is 5.46. The van der Waals surface area contributed by atoms with E-state index in [-0.39, 0.29) is 6.73 Å². The van der Waals surface area contributed by atoms with Gasteiger partial charge in [-0.1, -0.05) is 6.58 Å². The van der Waals surface area contributed by atoms with E-state index in [4.69, 9.17) is 5.73 Å². The van der Waals surface area contributed by atoms with Crippen LogP contribution in [0.4, 0.5) is 0 Å². The number of hydrogen-bond donors (Lipinski definition) is 2. The molecule has 0 aliphatic rings. The molecule has 0 atom stereocenters. The van der Waals surface area contributed by atoms with Crippen molar-refractivity contribution in [3.8, 4) is 0 Å². The molecule has 0 radical (unpaired) electrons. The molecular formula is C4H10N2O. The fourth-order valence-corrected chi connectivity index (χ4v) is 0.177. The quantitative estimate of drug-likeness (QED) is 0.375. The van der Waals surface area contributed by atoms with Gasteiger partial charge in [-0.05, 0) is 6.20 Å². The normalized spacial score (nSPS) is 8.14. The maximum absolute atomic E-state index is 4.97. The van der Waals surface area contributed by atoms with E-state index in [0.717, 1.165) is 0 Å². The fourth-order valence-electron chi connectivity index (χ4n) is 0.177. The van der Waals surface area contributed by atoms with Crippen molar-refractivity contribution in [2.24, 2.45) is 5.73 Å². The molecule has 0 aromatic rings. The van der Waals surface area contributed by atoms with Crippen LogP contribution in [0, 0.1) is 0 Å². The summed E-state index contributed by atoms with van der Waals surface area (Å²) in [7, 11) is 0. The summed E-state index contributed by atoms with van der Waals surface area (Å²) in [4.78, 5) is 0. The zero-order valence-electron chi connectivity index (χ0n) is 4.18. The van der Waals surface area contributed by atoms with Crippen molar-refractivity contribution in [3.63, 3.8) is 0 Å². The Bertz CT molecular complexity index is 47.0. The zero-order valence-corrected chi connectivity index (χ0v) is 4.18. The van der Waals surface area contributed by atoms with Crippen LogP contribution in [0.1, 0.15) is 0 Å². The number of rotatable bonds is 4. The van der Waals surface area contributed by atoms with Crippen molar-refractivity contribution in [2.75, 3.05) is 13.5 Å². The molecule has 0 unspecified atom stereocenters. The lowest BCUT2D eigenvalue weighted by molar-refractivity contribution is 0.132. The molecule has 0 heterocycles. The van der Waals surface area contributed by atoms with Crippen LogP contribution in [-0.4, -0.2) is 13.5 Å². The van der Waals surface area contributed by atoms with E-state index in [9.17, 15) is 0 Å². The van der Waals surface area contributed by atoms with Crippen LogP contribution >= 0.6 is 0 Å². The lowest BCUT2D eigenvalue weighted by Gasteiger charge is -1.96. The molecule has 0 fully saturated rings. The lowest BCUT2D eigenvalue weighted by Crippen LogP contribution is -2.14. The van der Waals surface area contributed by atoms with Crippen molar-refractivity contribution in [1.82, 2.24) is 5.32 Å². The van der Waals surface area contributed by atoms with Crippen LogP contribution in [0.25, 0.3) is 0 Å². The van der Waals surface area contributed by atoms with Crippen LogP contribution in [0.15, 0.2) is 12.8 Å². The van der Waals surface area contributed by atoms with Gasteiger partial charge in [0.15, 0.2) is 0 Å². The highest BCUT2D eigenvalue weighted by atomic mass is 16.5. The van der Waals surface area contributed by atoms with E-state index < -0.39 is 0 Å². The van der Waals surface area contributed by atoms with E-state index in [2.05, 4.69) is 16.6 Å². The molecular weight excluding hydrogens is 92.1 g/mol. The third-order valence-electron chi connectivity index (χ3n) is 0.448. The second-order valence-corrected chi connectivity index (χ2v) is 0.923. The average molecular weight is 102 g/mol. The Morgan fingerprint density at radius 3 is 3.00 bits per heavy atom. The van der Waals surface area contributed by atoms with Crippen molar-refractivity contribution < 1.29 is 4.74 Å². The molecule has 7 heavy (non-hydrogen) atoms. The summed E-state index contributed by atoms with van der Waals surface area (Å²) in [6.45, 7) is 4.10. The molecule has 3 nitrogen and oxygen atoms in total. The summed E-state index contributed by atoms with van der Waals surface area (Å²) in [5.41, 5.74) is 4.97. The molecule has 0 saturated carbocycles. The summed E-state index contributed by atoms with van der Waals surface area (Å²) in [5.74, 6) is 0. The van der Waals surface area contributed by atoms with Crippen LogP contribution in [0.2, 0.25) is 0 Å². The predicted molar refractivity (Wildman–Crippen MR) is 28.3 cm³/mol. The highest BCUT2D eigenvalue weighted by Crippen LogP contribution is 1.59. The maximum Gasteiger partial charge on any atom is 0.117 e. The van der Waals surface area contributed by atoms with E-state index in [1.54, 1.807) is 6.20 Å². The van der Waals surface area contributed by atoms with Gasteiger partial charge in [0.2, 0.25) is 0 Å².